The third-order valence-electron chi connectivity index (χ3n) is 2.30. The van der Waals surface area contributed by atoms with Gasteiger partial charge in [0.2, 0.25) is 0 Å². The molecule has 0 saturated carbocycles. The number of aromatic nitrogens is 3. The average molecular weight is 251 g/mol. The molecule has 0 bridgehead atoms. The molecular weight excluding hydrogens is 238 g/mol. The van der Waals surface area contributed by atoms with Crippen LogP contribution in [-0.4, -0.2) is 32.4 Å². The van der Waals surface area contributed by atoms with Crippen molar-refractivity contribution in [3.8, 4) is 0 Å². The maximum Gasteiger partial charge on any atom is 0.321 e. The van der Waals surface area contributed by atoms with E-state index in [1.54, 1.807) is 4.52 Å². The van der Waals surface area contributed by atoms with Crippen LogP contribution in [0.5, 0.6) is 0 Å². The zero-order valence-corrected chi connectivity index (χ0v) is 10.7. The van der Waals surface area contributed by atoms with Crippen molar-refractivity contribution in [3.63, 3.8) is 0 Å². The summed E-state index contributed by atoms with van der Waals surface area (Å²) in [4.78, 5) is 15.7. The first-order valence-corrected chi connectivity index (χ1v) is 5.92. The van der Waals surface area contributed by atoms with Gasteiger partial charge in [-0.05, 0) is 26.0 Å². The smallest absolute Gasteiger partial charge is 0.321 e. The Kier molecular flexibility index (Phi) is 3.06. The van der Waals surface area contributed by atoms with Crippen LogP contribution in [0.1, 0.15) is 13.8 Å². The Morgan fingerprint density at radius 2 is 2.24 bits per heavy atom. The molecule has 0 unspecified atom stereocenters. The van der Waals surface area contributed by atoms with Crippen molar-refractivity contribution in [3.05, 3.63) is 24.5 Å². The van der Waals surface area contributed by atoms with E-state index in [9.17, 15) is 4.79 Å². The van der Waals surface area contributed by atoms with Crippen LogP contribution in [-0.2, 0) is 9.53 Å². The van der Waals surface area contributed by atoms with Crippen molar-refractivity contribution in [1.29, 1.82) is 0 Å². The molecule has 0 aromatic carbocycles. The number of pyridine rings is 1. The minimum Gasteiger partial charge on any atom is -0.468 e. The second-order valence-electron chi connectivity index (χ2n) is 4.00. The lowest BCUT2D eigenvalue weighted by Gasteiger charge is -2.20. The molecule has 2 rings (SSSR count). The normalized spacial score (nSPS) is 11.7. The van der Waals surface area contributed by atoms with Crippen LogP contribution in [0.25, 0.3) is 5.65 Å². The Hall–Kier alpha value is -1.56. The zero-order valence-electron chi connectivity index (χ0n) is 9.88. The van der Waals surface area contributed by atoms with Crippen molar-refractivity contribution in [1.82, 2.24) is 14.6 Å². The van der Waals surface area contributed by atoms with Crippen LogP contribution in [0, 0.1) is 0 Å². The van der Waals surface area contributed by atoms with Crippen molar-refractivity contribution in [2.45, 2.75) is 23.6 Å². The van der Waals surface area contributed by atoms with Gasteiger partial charge in [0, 0.05) is 0 Å². The summed E-state index contributed by atoms with van der Waals surface area (Å²) < 4.78 is 5.82. The van der Waals surface area contributed by atoms with E-state index in [2.05, 4.69) is 10.1 Å². The van der Waals surface area contributed by atoms with E-state index in [1.807, 2.05) is 32.0 Å². The summed E-state index contributed by atoms with van der Waals surface area (Å²) in [6, 6.07) is 5.65. The van der Waals surface area contributed by atoms with Crippen molar-refractivity contribution in [2.24, 2.45) is 0 Å². The van der Waals surface area contributed by atoms with Crippen LogP contribution in [0.4, 0.5) is 0 Å². The lowest BCUT2D eigenvalue weighted by atomic mass is 10.2. The molecule has 2 aromatic heterocycles. The quantitative estimate of drug-likeness (QED) is 0.614. The number of hydrogen-bond donors (Lipinski definition) is 0. The molecule has 0 spiro atoms. The van der Waals surface area contributed by atoms with Crippen LogP contribution in [0.3, 0.4) is 0 Å². The van der Waals surface area contributed by atoms with Gasteiger partial charge in [-0.2, -0.15) is 5.10 Å². The first kappa shape index (κ1) is 11.9. The monoisotopic (exact) mass is 251 g/mol. The molecule has 2 heterocycles. The standard InChI is InChI=1S/C11H13N3O2S/c1-11(2,10(15)16-3)17-9-6-4-5-8-12-7-13-14(8)9/h4-7H,1-3H3. The molecule has 90 valence electrons. The maximum absolute atomic E-state index is 11.6. The Morgan fingerprint density at radius 3 is 2.94 bits per heavy atom. The topological polar surface area (TPSA) is 56.5 Å². The van der Waals surface area contributed by atoms with Gasteiger partial charge >= 0.3 is 5.97 Å². The first-order chi connectivity index (χ1) is 8.04. The molecule has 0 saturated heterocycles. The van der Waals surface area contributed by atoms with Crippen LogP contribution < -0.4 is 0 Å². The molecule has 0 N–H and O–H groups in total. The van der Waals surface area contributed by atoms with Gasteiger partial charge in [0.25, 0.3) is 0 Å². The molecule has 2 aromatic rings. The highest BCUT2D eigenvalue weighted by Crippen LogP contribution is 2.33. The molecule has 0 aliphatic rings. The summed E-state index contributed by atoms with van der Waals surface area (Å²) in [6.07, 6.45) is 1.49. The van der Waals surface area contributed by atoms with E-state index >= 15 is 0 Å². The predicted octanol–water partition coefficient (Wildman–Crippen LogP) is 1.77. The van der Waals surface area contributed by atoms with Gasteiger partial charge in [-0.15, -0.1) is 0 Å². The van der Waals surface area contributed by atoms with Gasteiger partial charge in [0.05, 0.1) is 7.11 Å². The highest BCUT2D eigenvalue weighted by molar-refractivity contribution is 8.01. The van der Waals surface area contributed by atoms with E-state index in [4.69, 9.17) is 4.74 Å². The Bertz CT molecular complexity index is 550. The summed E-state index contributed by atoms with van der Waals surface area (Å²) in [7, 11) is 1.39. The molecule has 6 heteroatoms. The molecule has 17 heavy (non-hydrogen) atoms. The van der Waals surface area contributed by atoms with Crippen LogP contribution >= 0.6 is 11.8 Å². The molecule has 5 nitrogen and oxygen atoms in total. The summed E-state index contributed by atoms with van der Waals surface area (Å²) in [6.45, 7) is 3.64. The Morgan fingerprint density at radius 1 is 1.47 bits per heavy atom. The minimum absolute atomic E-state index is 0.264. The molecule has 0 aliphatic carbocycles. The van der Waals surface area contributed by atoms with Gasteiger partial charge < -0.3 is 4.74 Å². The molecule has 0 aliphatic heterocycles. The zero-order chi connectivity index (χ0) is 12.5. The fraction of sp³-hybridized carbons (Fsp3) is 0.364. The Labute approximate surface area is 103 Å². The molecular formula is C11H13N3O2S. The largest absolute Gasteiger partial charge is 0.468 e. The number of fused-ring (bicyclic) bond motifs is 1. The van der Waals surface area contributed by atoms with Crippen LogP contribution in [0.2, 0.25) is 0 Å². The number of hydrogen-bond acceptors (Lipinski definition) is 5. The Balaban J connectivity index is 2.35. The van der Waals surface area contributed by atoms with Gasteiger partial charge in [-0.1, -0.05) is 17.8 Å². The number of esters is 1. The fourth-order valence-electron chi connectivity index (χ4n) is 1.45. The van der Waals surface area contributed by atoms with Gasteiger partial charge in [0.1, 0.15) is 16.1 Å². The predicted molar refractivity (Wildman–Crippen MR) is 64.9 cm³/mol. The highest BCUT2D eigenvalue weighted by atomic mass is 32.2. The number of carbonyl (C=O) groups excluding carboxylic acids is 1. The van der Waals surface area contributed by atoms with Gasteiger partial charge in [0.15, 0.2) is 5.65 Å². The van der Waals surface area contributed by atoms with Gasteiger partial charge in [-0.25, -0.2) is 9.50 Å². The third kappa shape index (κ3) is 2.26. The number of methoxy groups -OCH3 is 1. The summed E-state index contributed by atoms with van der Waals surface area (Å²) in [5, 5.41) is 4.98. The third-order valence-corrected chi connectivity index (χ3v) is 3.50. The number of nitrogens with zero attached hydrogens (tertiary/aromatic N) is 3. The molecule has 0 fully saturated rings. The maximum atomic E-state index is 11.6. The second-order valence-corrected chi connectivity index (χ2v) is 5.64. The molecule has 0 amide bonds. The first-order valence-electron chi connectivity index (χ1n) is 5.11. The van der Waals surface area contributed by atoms with Crippen molar-refractivity contribution >= 4 is 23.4 Å². The van der Waals surface area contributed by atoms with E-state index in [0.29, 0.717) is 0 Å². The number of carbonyl (C=O) groups is 1. The average Bonchev–Trinajstić information content (AvgIpc) is 2.76. The minimum atomic E-state index is -0.658. The van der Waals surface area contributed by atoms with Crippen molar-refractivity contribution in [2.75, 3.05) is 7.11 Å². The fourth-order valence-corrected chi connectivity index (χ4v) is 2.51. The lowest BCUT2D eigenvalue weighted by molar-refractivity contribution is -0.142. The summed E-state index contributed by atoms with van der Waals surface area (Å²) >= 11 is 1.40. The van der Waals surface area contributed by atoms with Gasteiger partial charge in [-0.3, -0.25) is 4.79 Å². The van der Waals surface area contributed by atoms with E-state index in [1.165, 1.54) is 25.2 Å². The summed E-state index contributed by atoms with van der Waals surface area (Å²) in [5.74, 6) is -0.264. The van der Waals surface area contributed by atoms with E-state index < -0.39 is 4.75 Å². The number of rotatable bonds is 3. The van der Waals surface area contributed by atoms with Crippen LogP contribution in [0.15, 0.2) is 29.6 Å². The summed E-state index contributed by atoms with van der Waals surface area (Å²) in [5.41, 5.74) is 0.760. The van der Waals surface area contributed by atoms with E-state index in [0.717, 1.165) is 10.7 Å². The SMILES string of the molecule is COC(=O)C(C)(C)Sc1cccc2ncnn12. The lowest BCUT2D eigenvalue weighted by Crippen LogP contribution is -2.29. The second kappa shape index (κ2) is 4.37. The molecule has 0 radical (unpaired) electrons. The van der Waals surface area contributed by atoms with Crippen molar-refractivity contribution < 1.29 is 9.53 Å². The number of ether oxygens (including phenoxy) is 1. The van der Waals surface area contributed by atoms with E-state index in [-0.39, 0.29) is 5.97 Å². The number of thioether (sulfide) groups is 1. The highest BCUT2D eigenvalue weighted by Gasteiger charge is 2.31. The molecule has 0 atom stereocenters.